The zero-order valence-corrected chi connectivity index (χ0v) is 15.4. The summed E-state index contributed by atoms with van der Waals surface area (Å²) in [5.41, 5.74) is -3.60. The highest BCUT2D eigenvalue weighted by Crippen LogP contribution is 2.36. The summed E-state index contributed by atoms with van der Waals surface area (Å²) in [6.45, 7) is 0. The number of nitrogens with zero attached hydrogens (tertiary/aromatic N) is 1. The van der Waals surface area contributed by atoms with Crippen molar-refractivity contribution in [1.29, 1.82) is 0 Å². The Hall–Kier alpha value is -3.63. The summed E-state index contributed by atoms with van der Waals surface area (Å²) >= 11 is 0. The van der Waals surface area contributed by atoms with Crippen molar-refractivity contribution in [2.24, 2.45) is 0 Å². The number of nitrogens with one attached hydrogen (secondary N) is 2. The van der Waals surface area contributed by atoms with Crippen molar-refractivity contribution >= 4 is 5.91 Å². The first-order valence-corrected chi connectivity index (χ1v) is 8.65. The third-order valence-corrected chi connectivity index (χ3v) is 4.30. The van der Waals surface area contributed by atoms with Crippen LogP contribution in [0.2, 0.25) is 0 Å². The number of alkyl halides is 6. The van der Waals surface area contributed by atoms with Crippen LogP contribution in [0, 0.1) is 0 Å². The number of halogens is 6. The topological polar surface area (TPSA) is 74.8 Å². The van der Waals surface area contributed by atoms with Crippen LogP contribution in [-0.4, -0.2) is 15.9 Å². The molecule has 0 bridgehead atoms. The quantitative estimate of drug-likeness (QED) is 0.592. The minimum absolute atomic E-state index is 0.0598. The Labute approximate surface area is 170 Å². The van der Waals surface area contributed by atoms with Crippen molar-refractivity contribution in [3.05, 3.63) is 99.2 Å². The number of aromatic nitrogens is 2. The molecule has 31 heavy (non-hydrogen) atoms. The van der Waals surface area contributed by atoms with Crippen LogP contribution in [0.15, 0.2) is 65.7 Å². The molecule has 3 rings (SSSR count). The molecular formula is C20H13F6N3O2. The lowest BCUT2D eigenvalue weighted by atomic mass is 9.97. The first-order valence-electron chi connectivity index (χ1n) is 8.65. The third kappa shape index (κ3) is 5.11. The number of carbonyl (C=O) groups excluding carboxylic acids is 1. The van der Waals surface area contributed by atoms with Gasteiger partial charge in [0.05, 0.1) is 22.9 Å². The predicted molar refractivity (Wildman–Crippen MR) is 97.1 cm³/mol. The van der Waals surface area contributed by atoms with Gasteiger partial charge in [0.1, 0.15) is 0 Å². The van der Waals surface area contributed by atoms with Crippen molar-refractivity contribution in [2.75, 3.05) is 0 Å². The summed E-state index contributed by atoms with van der Waals surface area (Å²) in [7, 11) is 0. The van der Waals surface area contributed by atoms with Crippen molar-refractivity contribution in [2.45, 2.75) is 18.4 Å². The highest BCUT2D eigenvalue weighted by Gasteiger charge is 2.37. The van der Waals surface area contributed by atoms with Crippen LogP contribution in [-0.2, 0) is 12.4 Å². The van der Waals surface area contributed by atoms with E-state index in [9.17, 15) is 35.9 Å². The van der Waals surface area contributed by atoms with E-state index in [0.717, 1.165) is 36.5 Å². The summed E-state index contributed by atoms with van der Waals surface area (Å²) < 4.78 is 79.1. The lowest BCUT2D eigenvalue weighted by Gasteiger charge is -2.23. The summed E-state index contributed by atoms with van der Waals surface area (Å²) in [6, 6.07) is 5.72. The number of pyridine rings is 2. The Morgan fingerprint density at radius 3 is 2.23 bits per heavy atom. The Balaban J connectivity index is 2.09. The second-order valence-corrected chi connectivity index (χ2v) is 6.40. The van der Waals surface area contributed by atoms with Crippen LogP contribution in [0.25, 0.3) is 0 Å². The fraction of sp³-hybridized carbons (Fsp3) is 0.150. The Kier molecular flexibility index (Phi) is 5.87. The van der Waals surface area contributed by atoms with Gasteiger partial charge in [0.2, 0.25) is 5.56 Å². The average molecular weight is 441 g/mol. The van der Waals surface area contributed by atoms with Gasteiger partial charge in [0.25, 0.3) is 5.91 Å². The second kappa shape index (κ2) is 8.25. The fourth-order valence-electron chi connectivity index (χ4n) is 2.86. The molecule has 2 heterocycles. The van der Waals surface area contributed by atoms with E-state index in [1.807, 2.05) is 0 Å². The Morgan fingerprint density at radius 1 is 0.968 bits per heavy atom. The van der Waals surface area contributed by atoms with Crippen LogP contribution in [0.4, 0.5) is 26.3 Å². The van der Waals surface area contributed by atoms with Crippen LogP contribution in [0.3, 0.4) is 0 Å². The molecular weight excluding hydrogens is 428 g/mol. The van der Waals surface area contributed by atoms with Gasteiger partial charge < -0.3 is 10.3 Å². The van der Waals surface area contributed by atoms with Crippen molar-refractivity contribution in [3.8, 4) is 0 Å². The number of hydrogen-bond acceptors (Lipinski definition) is 3. The molecule has 0 saturated heterocycles. The first kappa shape index (κ1) is 22.1. The second-order valence-electron chi connectivity index (χ2n) is 6.40. The molecule has 0 radical (unpaired) electrons. The lowest BCUT2D eigenvalue weighted by molar-refractivity contribution is -0.139. The number of carbonyl (C=O) groups is 1. The fourth-order valence-corrected chi connectivity index (χ4v) is 2.86. The van der Waals surface area contributed by atoms with E-state index in [-0.39, 0.29) is 11.1 Å². The first-order chi connectivity index (χ1) is 14.5. The van der Waals surface area contributed by atoms with E-state index in [2.05, 4.69) is 15.3 Å². The molecule has 0 fully saturated rings. The van der Waals surface area contributed by atoms with E-state index in [0.29, 0.717) is 12.1 Å². The van der Waals surface area contributed by atoms with E-state index in [1.54, 1.807) is 0 Å². The third-order valence-electron chi connectivity index (χ3n) is 4.30. The van der Waals surface area contributed by atoms with Gasteiger partial charge in [-0.1, -0.05) is 12.1 Å². The maximum absolute atomic E-state index is 13.5. The smallest absolute Gasteiger partial charge is 0.340 e. The number of H-pyrrole nitrogens is 1. The van der Waals surface area contributed by atoms with Gasteiger partial charge in [-0.05, 0) is 35.9 Å². The molecule has 0 aliphatic heterocycles. The predicted octanol–water partition coefficient (Wildman–Crippen LogP) is 4.33. The van der Waals surface area contributed by atoms with Crippen LogP contribution < -0.4 is 10.9 Å². The molecule has 0 saturated carbocycles. The van der Waals surface area contributed by atoms with Crippen molar-refractivity contribution < 1.29 is 31.1 Å². The Morgan fingerprint density at radius 2 is 1.65 bits per heavy atom. The zero-order valence-electron chi connectivity index (χ0n) is 15.4. The van der Waals surface area contributed by atoms with Gasteiger partial charge in [0.15, 0.2) is 0 Å². The molecule has 0 aliphatic rings. The number of hydrogen-bond donors (Lipinski definition) is 2. The molecule has 1 amide bonds. The number of rotatable bonds is 4. The molecule has 11 heteroatoms. The summed E-state index contributed by atoms with van der Waals surface area (Å²) in [6.07, 6.45) is -7.24. The van der Waals surface area contributed by atoms with Gasteiger partial charge in [-0.25, -0.2) is 0 Å². The van der Waals surface area contributed by atoms with E-state index in [1.165, 1.54) is 12.3 Å². The van der Waals surface area contributed by atoms with E-state index < -0.39 is 46.7 Å². The largest absolute Gasteiger partial charge is 0.418 e. The monoisotopic (exact) mass is 441 g/mol. The molecule has 1 aromatic carbocycles. The van der Waals surface area contributed by atoms with E-state index in [4.69, 9.17) is 0 Å². The highest BCUT2D eigenvalue weighted by molar-refractivity contribution is 5.94. The lowest BCUT2D eigenvalue weighted by Crippen LogP contribution is -2.32. The van der Waals surface area contributed by atoms with Crippen LogP contribution >= 0.6 is 0 Å². The molecule has 2 N–H and O–H groups in total. The average Bonchev–Trinajstić information content (AvgIpc) is 2.71. The molecule has 0 aliphatic carbocycles. The standard InChI is InChI=1S/C20H13F6N3O2/c21-19(22,23)13-5-3-11(4-6-13)16(17-14(20(24,25)26)2-1-8-28-17)29-18(31)12-7-9-27-15(30)10-12/h1-10,16H,(H,27,30)(H,29,31)/t16-/m0/s1. The maximum atomic E-state index is 13.5. The molecule has 3 aromatic rings. The summed E-state index contributed by atoms with van der Waals surface area (Å²) in [5, 5.41) is 2.33. The van der Waals surface area contributed by atoms with Crippen LogP contribution in [0.1, 0.15) is 38.8 Å². The minimum atomic E-state index is -4.83. The summed E-state index contributed by atoms with van der Waals surface area (Å²) in [4.78, 5) is 30.0. The molecule has 162 valence electrons. The number of benzene rings is 1. The van der Waals surface area contributed by atoms with Gasteiger partial charge in [-0.3, -0.25) is 14.6 Å². The van der Waals surface area contributed by atoms with Crippen molar-refractivity contribution in [3.63, 3.8) is 0 Å². The summed E-state index contributed by atoms with van der Waals surface area (Å²) in [5.74, 6) is -0.908. The molecule has 1 atom stereocenters. The normalized spacial score (nSPS) is 13.0. The SMILES string of the molecule is O=C(N[C@@H](c1ccc(C(F)(F)F)cc1)c1ncccc1C(F)(F)F)c1cc[nH]c(=O)c1. The van der Waals surface area contributed by atoms with Gasteiger partial charge in [0, 0.05) is 24.0 Å². The minimum Gasteiger partial charge on any atom is -0.340 e. The highest BCUT2D eigenvalue weighted by atomic mass is 19.4. The van der Waals surface area contributed by atoms with Crippen molar-refractivity contribution in [1.82, 2.24) is 15.3 Å². The van der Waals surface area contributed by atoms with E-state index >= 15 is 0 Å². The molecule has 0 unspecified atom stereocenters. The molecule has 2 aromatic heterocycles. The number of amides is 1. The molecule has 5 nitrogen and oxygen atoms in total. The van der Waals surface area contributed by atoms with Gasteiger partial charge in [-0.15, -0.1) is 0 Å². The number of aromatic amines is 1. The Bertz CT molecular complexity index is 1140. The molecule has 0 spiro atoms. The van der Waals surface area contributed by atoms with Gasteiger partial charge >= 0.3 is 12.4 Å². The maximum Gasteiger partial charge on any atom is 0.418 e. The van der Waals surface area contributed by atoms with Crippen LogP contribution in [0.5, 0.6) is 0 Å². The van der Waals surface area contributed by atoms with Gasteiger partial charge in [-0.2, -0.15) is 26.3 Å². The zero-order chi connectivity index (χ0) is 22.8.